The number of hydrogen-bond acceptors (Lipinski definition) is 4. The van der Waals surface area contributed by atoms with Gasteiger partial charge in [0.2, 0.25) is 0 Å². The zero-order chi connectivity index (χ0) is 21.3. The molecule has 1 amide bonds. The van der Waals surface area contributed by atoms with Gasteiger partial charge in [-0.3, -0.25) is 0 Å². The number of amides is 1. The zero-order valence-electron chi connectivity index (χ0n) is 17.5. The van der Waals surface area contributed by atoms with Gasteiger partial charge in [0.15, 0.2) is 0 Å². The number of rotatable bonds is 4. The van der Waals surface area contributed by atoms with E-state index in [0.29, 0.717) is 5.47 Å². The van der Waals surface area contributed by atoms with Crippen molar-refractivity contribution in [3.05, 3.63) is 40.9 Å². The van der Waals surface area contributed by atoms with E-state index in [2.05, 4.69) is 5.32 Å². The second-order valence-electron chi connectivity index (χ2n) is 8.83. The Bertz CT molecular complexity index is 756. The minimum Gasteiger partial charge on any atom is -0.444 e. The fourth-order valence-corrected chi connectivity index (χ4v) is 2.51. The van der Waals surface area contributed by atoms with Gasteiger partial charge in [0.1, 0.15) is 17.2 Å². The Morgan fingerprint density at radius 2 is 1.75 bits per heavy atom. The fraction of sp³-hybridized carbons (Fsp3) is 0.550. The monoisotopic (exact) mass is 395 g/mol. The molecule has 0 saturated carbocycles. The normalized spacial score (nSPS) is 18.9. The number of hydrogen-bond donors (Lipinski definition) is 1. The lowest BCUT2D eigenvalue weighted by atomic mass is 9.77. The molecule has 0 bridgehead atoms. The predicted molar refractivity (Wildman–Crippen MR) is 105 cm³/mol. The Morgan fingerprint density at radius 3 is 2.29 bits per heavy atom. The second-order valence-corrected chi connectivity index (χ2v) is 8.83. The predicted octanol–water partition coefficient (Wildman–Crippen LogP) is 4.50. The van der Waals surface area contributed by atoms with Crippen LogP contribution in [0.1, 0.15) is 54.0 Å². The quantitative estimate of drug-likeness (QED) is 0.763. The summed E-state index contributed by atoms with van der Waals surface area (Å²) in [5.41, 5.74) is -1.43. The summed E-state index contributed by atoms with van der Waals surface area (Å²) in [4.78, 5) is 12.0. The largest absolute Gasteiger partial charge is 0.492 e. The molecule has 1 aromatic carbocycles. The molecular weight excluding hydrogens is 367 g/mol. The van der Waals surface area contributed by atoms with E-state index in [1.54, 1.807) is 20.8 Å². The van der Waals surface area contributed by atoms with E-state index in [-0.39, 0.29) is 12.1 Å². The standard InChI is InChI=1S/C20H28BF2NO4/c1-18(2,3)26-17(25)24-12-14(10-13-11-15(22)8-9-16(13)23)21-27-19(4,5)20(6,7)28-21/h8-11H,12H2,1-7H3,(H,24,25). The molecule has 0 atom stereocenters. The summed E-state index contributed by atoms with van der Waals surface area (Å²) in [6.07, 6.45) is 0.799. The van der Waals surface area contributed by atoms with E-state index in [0.717, 1.165) is 18.2 Å². The van der Waals surface area contributed by atoms with Gasteiger partial charge in [-0.15, -0.1) is 0 Å². The van der Waals surface area contributed by atoms with Gasteiger partial charge in [-0.05, 0) is 72.1 Å². The highest BCUT2D eigenvalue weighted by molar-refractivity contribution is 6.56. The first-order valence-electron chi connectivity index (χ1n) is 9.18. The maximum absolute atomic E-state index is 14.1. The van der Waals surface area contributed by atoms with Crippen LogP contribution in [-0.2, 0) is 14.0 Å². The second kappa shape index (κ2) is 7.83. The summed E-state index contributed by atoms with van der Waals surface area (Å²) in [6, 6.07) is 3.17. The van der Waals surface area contributed by atoms with Crippen molar-refractivity contribution >= 4 is 19.3 Å². The maximum atomic E-state index is 14.1. The molecule has 28 heavy (non-hydrogen) atoms. The SMILES string of the molecule is CC(C)(C)OC(=O)NCC(=Cc1cc(F)ccc1F)B1OC(C)(C)C(C)(C)O1. The van der Waals surface area contributed by atoms with Crippen LogP contribution < -0.4 is 5.32 Å². The van der Waals surface area contributed by atoms with Crippen LogP contribution in [0.5, 0.6) is 0 Å². The lowest BCUT2D eigenvalue weighted by molar-refractivity contribution is 0.00578. The van der Waals surface area contributed by atoms with Gasteiger partial charge in [-0.2, -0.15) is 0 Å². The van der Waals surface area contributed by atoms with Crippen LogP contribution in [0.4, 0.5) is 13.6 Å². The molecule has 1 heterocycles. The summed E-state index contributed by atoms with van der Waals surface area (Å²) in [5, 5.41) is 2.62. The fourth-order valence-electron chi connectivity index (χ4n) is 2.51. The molecule has 1 aliphatic rings. The third-order valence-corrected chi connectivity index (χ3v) is 4.69. The smallest absolute Gasteiger partial charge is 0.444 e. The van der Waals surface area contributed by atoms with Crippen molar-refractivity contribution in [1.29, 1.82) is 0 Å². The molecule has 0 aliphatic carbocycles. The number of ether oxygens (including phenoxy) is 1. The Balaban J connectivity index is 2.30. The van der Waals surface area contributed by atoms with Crippen molar-refractivity contribution in [2.45, 2.75) is 65.3 Å². The van der Waals surface area contributed by atoms with Crippen molar-refractivity contribution in [2.24, 2.45) is 0 Å². The van der Waals surface area contributed by atoms with E-state index in [1.165, 1.54) is 6.08 Å². The van der Waals surface area contributed by atoms with E-state index in [9.17, 15) is 13.6 Å². The molecule has 5 nitrogen and oxygen atoms in total. The minimum atomic E-state index is -0.831. The molecule has 1 N–H and O–H groups in total. The van der Waals surface area contributed by atoms with Crippen LogP contribution in [0.3, 0.4) is 0 Å². The maximum Gasteiger partial charge on any atom is 0.492 e. The number of carbonyl (C=O) groups is 1. The molecule has 154 valence electrons. The first kappa shape index (κ1) is 22.4. The van der Waals surface area contributed by atoms with E-state index in [4.69, 9.17) is 14.0 Å². The van der Waals surface area contributed by atoms with Crippen molar-refractivity contribution < 1.29 is 27.6 Å². The Morgan fingerprint density at radius 1 is 1.18 bits per heavy atom. The molecule has 1 aliphatic heterocycles. The zero-order valence-corrected chi connectivity index (χ0v) is 17.5. The molecule has 8 heteroatoms. The summed E-state index contributed by atoms with van der Waals surface area (Å²) in [7, 11) is -0.831. The lowest BCUT2D eigenvalue weighted by Gasteiger charge is -2.32. The van der Waals surface area contributed by atoms with Crippen LogP contribution in [0, 0.1) is 11.6 Å². The van der Waals surface area contributed by atoms with Gasteiger partial charge in [-0.25, -0.2) is 13.6 Å². The van der Waals surface area contributed by atoms with E-state index < -0.39 is 41.6 Å². The Hall–Kier alpha value is -1.93. The minimum absolute atomic E-state index is 0.0122. The number of carbonyl (C=O) groups excluding carboxylic acids is 1. The topological polar surface area (TPSA) is 56.8 Å². The van der Waals surface area contributed by atoms with Crippen molar-refractivity contribution in [1.82, 2.24) is 5.32 Å². The average molecular weight is 395 g/mol. The van der Waals surface area contributed by atoms with Gasteiger partial charge < -0.3 is 19.4 Å². The molecule has 2 rings (SSSR count). The van der Waals surface area contributed by atoms with E-state index >= 15 is 0 Å². The highest BCUT2D eigenvalue weighted by Gasteiger charge is 2.52. The molecule has 0 unspecified atom stereocenters. The highest BCUT2D eigenvalue weighted by Crippen LogP contribution is 2.38. The number of nitrogens with one attached hydrogen (secondary N) is 1. The molecule has 0 aromatic heterocycles. The molecule has 0 radical (unpaired) electrons. The summed E-state index contributed by atoms with van der Waals surface area (Å²) in [5.74, 6) is -1.16. The van der Waals surface area contributed by atoms with Gasteiger partial charge in [0.25, 0.3) is 0 Å². The van der Waals surface area contributed by atoms with Gasteiger partial charge >= 0.3 is 13.2 Å². The Labute approximate surface area is 165 Å². The van der Waals surface area contributed by atoms with Crippen LogP contribution in [0.2, 0.25) is 0 Å². The Kier molecular flexibility index (Phi) is 6.26. The average Bonchev–Trinajstić information content (AvgIpc) is 2.73. The van der Waals surface area contributed by atoms with Gasteiger partial charge in [0, 0.05) is 12.1 Å². The van der Waals surface area contributed by atoms with Crippen LogP contribution in [-0.4, -0.2) is 36.6 Å². The molecule has 0 spiro atoms. The number of alkyl carbamates (subject to hydrolysis) is 1. The molecule has 1 fully saturated rings. The molecular formula is C20H28BF2NO4. The third kappa shape index (κ3) is 5.55. The van der Waals surface area contributed by atoms with Crippen LogP contribution in [0.25, 0.3) is 6.08 Å². The number of halogens is 2. The van der Waals surface area contributed by atoms with E-state index in [1.807, 2.05) is 27.7 Å². The summed E-state index contributed by atoms with van der Waals surface area (Å²) >= 11 is 0. The van der Waals surface area contributed by atoms with Crippen molar-refractivity contribution in [3.8, 4) is 0 Å². The summed E-state index contributed by atoms with van der Waals surface area (Å²) < 4.78 is 44.9. The van der Waals surface area contributed by atoms with Crippen molar-refractivity contribution in [3.63, 3.8) is 0 Å². The number of benzene rings is 1. The third-order valence-electron chi connectivity index (χ3n) is 4.69. The molecule has 1 aromatic rings. The lowest BCUT2D eigenvalue weighted by Crippen LogP contribution is -2.41. The molecule has 1 saturated heterocycles. The first-order chi connectivity index (χ1) is 12.7. The van der Waals surface area contributed by atoms with Gasteiger partial charge in [-0.1, -0.05) is 6.08 Å². The van der Waals surface area contributed by atoms with Crippen LogP contribution in [0.15, 0.2) is 23.7 Å². The van der Waals surface area contributed by atoms with Crippen LogP contribution >= 0.6 is 0 Å². The van der Waals surface area contributed by atoms with Crippen molar-refractivity contribution in [2.75, 3.05) is 6.54 Å². The highest BCUT2D eigenvalue weighted by atomic mass is 19.1. The first-order valence-corrected chi connectivity index (χ1v) is 9.18. The van der Waals surface area contributed by atoms with Gasteiger partial charge in [0.05, 0.1) is 11.2 Å². The summed E-state index contributed by atoms with van der Waals surface area (Å²) in [6.45, 7) is 12.8.